The van der Waals surface area contributed by atoms with Crippen molar-refractivity contribution in [1.82, 2.24) is 9.38 Å². The first-order chi connectivity index (χ1) is 6.66. The largest absolute Gasteiger partial charge is 0.481 e. The summed E-state index contributed by atoms with van der Waals surface area (Å²) in [6.45, 7) is 0. The van der Waals surface area contributed by atoms with Crippen molar-refractivity contribution in [2.45, 2.75) is 6.42 Å². The molecule has 0 saturated heterocycles. The number of nitrogens with zero attached hydrogens (tertiary/aromatic N) is 2. The van der Waals surface area contributed by atoms with E-state index < -0.39 is 5.97 Å². The lowest BCUT2D eigenvalue weighted by Crippen LogP contribution is -1.99. The third kappa shape index (κ3) is 1.56. The van der Waals surface area contributed by atoms with Crippen LogP contribution >= 0.6 is 11.6 Å². The molecule has 0 aliphatic heterocycles. The van der Waals surface area contributed by atoms with Gasteiger partial charge in [0.2, 0.25) is 0 Å². The van der Waals surface area contributed by atoms with Gasteiger partial charge in [-0.05, 0) is 12.1 Å². The van der Waals surface area contributed by atoms with Crippen LogP contribution in [0.15, 0.2) is 24.4 Å². The fraction of sp³-hybridized carbons (Fsp3) is 0.111. The summed E-state index contributed by atoms with van der Waals surface area (Å²) in [6.07, 6.45) is 1.55. The molecule has 0 unspecified atom stereocenters. The summed E-state index contributed by atoms with van der Waals surface area (Å²) in [5.41, 5.74) is 1.17. The summed E-state index contributed by atoms with van der Waals surface area (Å²) < 4.78 is 1.65. The van der Waals surface area contributed by atoms with Gasteiger partial charge in [-0.25, -0.2) is 4.98 Å². The Morgan fingerprint density at radius 1 is 1.57 bits per heavy atom. The second-order valence-corrected chi connectivity index (χ2v) is 3.27. The second kappa shape index (κ2) is 3.31. The van der Waals surface area contributed by atoms with E-state index in [9.17, 15) is 4.79 Å². The molecule has 0 fully saturated rings. The van der Waals surface area contributed by atoms with Gasteiger partial charge < -0.3 is 5.11 Å². The number of carboxylic acid groups (broad SMARTS) is 1. The van der Waals surface area contributed by atoms with Crippen LogP contribution in [0.4, 0.5) is 0 Å². The minimum Gasteiger partial charge on any atom is -0.481 e. The average Bonchev–Trinajstić information content (AvgIpc) is 2.47. The number of hydrogen-bond donors (Lipinski definition) is 1. The Hall–Kier alpha value is -1.55. The van der Waals surface area contributed by atoms with Crippen molar-refractivity contribution >= 4 is 23.2 Å². The fourth-order valence-corrected chi connectivity index (χ4v) is 1.48. The molecule has 0 bridgehead atoms. The van der Waals surface area contributed by atoms with E-state index in [2.05, 4.69) is 4.98 Å². The molecule has 0 aromatic carbocycles. The zero-order chi connectivity index (χ0) is 10.1. The van der Waals surface area contributed by atoms with Gasteiger partial charge in [-0.2, -0.15) is 0 Å². The van der Waals surface area contributed by atoms with Crippen molar-refractivity contribution in [3.05, 3.63) is 35.2 Å². The number of hydrogen-bond acceptors (Lipinski definition) is 2. The lowest BCUT2D eigenvalue weighted by Gasteiger charge is -1.93. The summed E-state index contributed by atoms with van der Waals surface area (Å²) in [5.74, 6) is -0.899. The van der Waals surface area contributed by atoms with E-state index in [1.807, 2.05) is 0 Å². The smallest absolute Gasteiger partial charge is 0.309 e. The van der Waals surface area contributed by atoms with E-state index in [0.29, 0.717) is 16.5 Å². The second-order valence-electron chi connectivity index (χ2n) is 2.88. The minimum atomic E-state index is -0.899. The maximum atomic E-state index is 10.4. The zero-order valence-electron chi connectivity index (χ0n) is 7.14. The summed E-state index contributed by atoms with van der Waals surface area (Å²) in [6, 6.07) is 5.27. The van der Waals surface area contributed by atoms with Crippen LogP contribution in [0.3, 0.4) is 0 Å². The third-order valence-electron chi connectivity index (χ3n) is 1.82. The number of rotatable bonds is 2. The summed E-state index contributed by atoms with van der Waals surface area (Å²) >= 11 is 5.88. The molecular weight excluding hydrogens is 204 g/mol. The van der Waals surface area contributed by atoms with Gasteiger partial charge in [0.25, 0.3) is 0 Å². The molecule has 0 aliphatic carbocycles. The highest BCUT2D eigenvalue weighted by Crippen LogP contribution is 2.13. The van der Waals surface area contributed by atoms with Crippen molar-refractivity contribution in [1.29, 1.82) is 0 Å². The Morgan fingerprint density at radius 3 is 3.00 bits per heavy atom. The lowest BCUT2D eigenvalue weighted by molar-refractivity contribution is -0.136. The van der Waals surface area contributed by atoms with Crippen molar-refractivity contribution in [2.24, 2.45) is 0 Å². The molecule has 2 rings (SSSR count). The van der Waals surface area contributed by atoms with Crippen LogP contribution in [0.25, 0.3) is 5.65 Å². The van der Waals surface area contributed by atoms with Gasteiger partial charge in [-0.3, -0.25) is 9.20 Å². The van der Waals surface area contributed by atoms with Crippen LogP contribution in [0.5, 0.6) is 0 Å². The predicted molar refractivity (Wildman–Crippen MR) is 51.5 cm³/mol. The number of pyridine rings is 1. The van der Waals surface area contributed by atoms with Gasteiger partial charge in [-0.1, -0.05) is 17.7 Å². The number of halogens is 1. The summed E-state index contributed by atoms with van der Waals surface area (Å²) in [4.78, 5) is 14.6. The number of carbonyl (C=O) groups is 1. The van der Waals surface area contributed by atoms with Crippen molar-refractivity contribution < 1.29 is 9.90 Å². The molecule has 0 atom stereocenters. The maximum absolute atomic E-state index is 10.4. The molecule has 0 radical (unpaired) electrons. The number of imidazole rings is 1. The molecule has 0 spiro atoms. The van der Waals surface area contributed by atoms with Gasteiger partial charge in [-0.15, -0.1) is 0 Å². The van der Waals surface area contributed by atoms with Gasteiger partial charge in [0, 0.05) is 6.20 Å². The van der Waals surface area contributed by atoms with E-state index >= 15 is 0 Å². The molecule has 4 nitrogen and oxygen atoms in total. The third-order valence-corrected chi connectivity index (χ3v) is 2.13. The van der Waals surface area contributed by atoms with Gasteiger partial charge in [0.05, 0.1) is 12.1 Å². The minimum absolute atomic E-state index is 0.0853. The molecule has 2 heterocycles. The van der Waals surface area contributed by atoms with Crippen LogP contribution in [-0.2, 0) is 11.2 Å². The first-order valence-electron chi connectivity index (χ1n) is 4.01. The summed E-state index contributed by atoms with van der Waals surface area (Å²) in [5, 5.41) is 9.10. The molecule has 2 aromatic rings. The van der Waals surface area contributed by atoms with Crippen LogP contribution < -0.4 is 0 Å². The molecule has 72 valence electrons. The topological polar surface area (TPSA) is 54.6 Å². The molecule has 5 heteroatoms. The van der Waals surface area contributed by atoms with Crippen LogP contribution in [0.1, 0.15) is 5.69 Å². The van der Waals surface area contributed by atoms with Gasteiger partial charge >= 0.3 is 5.97 Å². The molecule has 0 saturated carbocycles. The lowest BCUT2D eigenvalue weighted by atomic mass is 10.3. The van der Waals surface area contributed by atoms with E-state index in [1.54, 1.807) is 28.8 Å². The fourth-order valence-electron chi connectivity index (χ4n) is 1.27. The highest BCUT2D eigenvalue weighted by molar-refractivity contribution is 6.29. The molecule has 0 amide bonds. The Balaban J connectivity index is 2.51. The summed E-state index contributed by atoms with van der Waals surface area (Å²) in [7, 11) is 0. The van der Waals surface area contributed by atoms with Gasteiger partial charge in [0.1, 0.15) is 10.8 Å². The average molecular weight is 211 g/mol. The van der Waals surface area contributed by atoms with Crippen LogP contribution in [0.2, 0.25) is 5.15 Å². The van der Waals surface area contributed by atoms with E-state index in [0.717, 1.165) is 0 Å². The molecule has 1 N–H and O–H groups in total. The first-order valence-corrected chi connectivity index (χ1v) is 4.39. The molecule has 2 aromatic heterocycles. The Bertz CT molecular complexity index is 493. The highest BCUT2D eigenvalue weighted by atomic mass is 35.5. The first kappa shape index (κ1) is 9.02. The Labute approximate surface area is 84.8 Å². The SMILES string of the molecule is O=C(O)Cc1cn2c(Cl)cccc2n1. The number of fused-ring (bicyclic) bond motifs is 1. The quantitative estimate of drug-likeness (QED) is 0.767. The van der Waals surface area contributed by atoms with E-state index in [4.69, 9.17) is 16.7 Å². The predicted octanol–water partition coefficient (Wildman–Crippen LogP) is 1.61. The van der Waals surface area contributed by atoms with Crippen LogP contribution in [-0.4, -0.2) is 20.5 Å². The van der Waals surface area contributed by atoms with Crippen molar-refractivity contribution in [3.63, 3.8) is 0 Å². The standard InChI is InChI=1S/C9H7ClN2O2/c10-7-2-1-3-8-11-6(4-9(13)14)5-12(7)8/h1-3,5H,4H2,(H,13,14). The number of carboxylic acids is 1. The van der Waals surface area contributed by atoms with E-state index in [-0.39, 0.29) is 6.42 Å². The Kier molecular flexibility index (Phi) is 2.13. The van der Waals surface area contributed by atoms with Crippen molar-refractivity contribution in [3.8, 4) is 0 Å². The number of aliphatic carboxylic acids is 1. The highest BCUT2D eigenvalue weighted by Gasteiger charge is 2.06. The zero-order valence-corrected chi connectivity index (χ0v) is 7.90. The van der Waals surface area contributed by atoms with Gasteiger partial charge in [0.15, 0.2) is 0 Å². The number of aromatic nitrogens is 2. The molecular formula is C9H7ClN2O2. The monoisotopic (exact) mass is 210 g/mol. The molecule has 14 heavy (non-hydrogen) atoms. The van der Waals surface area contributed by atoms with E-state index in [1.165, 1.54) is 0 Å². The maximum Gasteiger partial charge on any atom is 0.309 e. The van der Waals surface area contributed by atoms with Crippen LogP contribution in [0, 0.1) is 0 Å². The molecule has 0 aliphatic rings. The normalized spacial score (nSPS) is 10.6. The van der Waals surface area contributed by atoms with Crippen molar-refractivity contribution in [2.75, 3.05) is 0 Å². The Morgan fingerprint density at radius 2 is 2.36 bits per heavy atom.